The zero-order chi connectivity index (χ0) is 14.7. The van der Waals surface area contributed by atoms with E-state index >= 15 is 0 Å². The number of carbonyl (C=O) groups excluding carboxylic acids is 1. The molecule has 20 heavy (non-hydrogen) atoms. The molecule has 2 aromatic rings. The van der Waals surface area contributed by atoms with Gasteiger partial charge in [-0.1, -0.05) is 23.4 Å². The largest absolute Gasteiger partial charge is 0.481 e. The predicted octanol–water partition coefficient (Wildman–Crippen LogP) is 1.14. The average molecular weight is 315 g/mol. The lowest BCUT2D eigenvalue weighted by molar-refractivity contribution is -0.134. The van der Waals surface area contributed by atoms with Crippen molar-refractivity contribution in [2.45, 2.75) is 18.1 Å². The summed E-state index contributed by atoms with van der Waals surface area (Å²) in [5, 5.41) is 9.64. The van der Waals surface area contributed by atoms with Crippen LogP contribution in [-0.4, -0.2) is 37.3 Å². The maximum Gasteiger partial charge on any atom is 0.313 e. The van der Waals surface area contributed by atoms with Gasteiger partial charge in [0.25, 0.3) is 0 Å². The molecule has 0 fully saturated rings. The van der Waals surface area contributed by atoms with E-state index in [2.05, 4.69) is 9.97 Å². The van der Waals surface area contributed by atoms with Gasteiger partial charge in [0.15, 0.2) is 10.8 Å². The average Bonchev–Trinajstić information content (AvgIpc) is 2.70. The molecule has 0 radical (unpaired) electrons. The number of primary amides is 1. The summed E-state index contributed by atoms with van der Waals surface area (Å²) in [6.45, 7) is 0.294. The van der Waals surface area contributed by atoms with Gasteiger partial charge >= 0.3 is 5.97 Å². The third-order valence-electron chi connectivity index (χ3n) is 2.42. The molecule has 3 N–H and O–H groups in total. The number of aliphatic carboxylic acids is 1. The Hall–Kier alpha value is -1.80. The lowest BCUT2D eigenvalue weighted by atomic mass is 10.4. The van der Waals surface area contributed by atoms with E-state index in [9.17, 15) is 9.59 Å². The first-order valence-electron chi connectivity index (χ1n) is 5.62. The third-order valence-corrected chi connectivity index (χ3v) is 3.59. The Morgan fingerprint density at radius 1 is 1.50 bits per heavy atom. The quantitative estimate of drug-likeness (QED) is 0.773. The normalized spacial score (nSPS) is 10.8. The number of nitrogens with zero attached hydrogens (tertiary/aromatic N) is 3. The summed E-state index contributed by atoms with van der Waals surface area (Å²) in [6, 6.07) is 1.63. The molecule has 106 valence electrons. The van der Waals surface area contributed by atoms with Gasteiger partial charge in [-0.25, -0.2) is 9.97 Å². The van der Waals surface area contributed by atoms with E-state index in [1.807, 2.05) is 0 Å². The Balaban J connectivity index is 2.39. The number of fused-ring (bicyclic) bond motifs is 1. The number of rotatable bonds is 6. The van der Waals surface area contributed by atoms with Crippen LogP contribution < -0.4 is 5.73 Å². The van der Waals surface area contributed by atoms with Crippen LogP contribution >= 0.6 is 23.4 Å². The minimum absolute atomic E-state index is 0.121. The second-order valence-electron chi connectivity index (χ2n) is 3.94. The Kier molecular flexibility index (Phi) is 4.46. The molecule has 0 atom stereocenters. The van der Waals surface area contributed by atoms with Crippen LogP contribution in [0.1, 0.15) is 6.42 Å². The number of carbonyl (C=O) groups is 2. The van der Waals surface area contributed by atoms with Gasteiger partial charge in [-0.05, 0) is 6.07 Å². The van der Waals surface area contributed by atoms with E-state index in [0.29, 0.717) is 27.9 Å². The number of halogens is 1. The summed E-state index contributed by atoms with van der Waals surface area (Å²) in [7, 11) is 0. The number of thioether (sulfide) groups is 1. The minimum Gasteiger partial charge on any atom is -0.481 e. The van der Waals surface area contributed by atoms with Crippen LogP contribution in [0.3, 0.4) is 0 Å². The molecule has 0 spiro atoms. The summed E-state index contributed by atoms with van der Waals surface area (Å²) in [6.07, 6.45) is 1.59. The summed E-state index contributed by atoms with van der Waals surface area (Å²) in [5.74, 6) is -1.53. The second kappa shape index (κ2) is 6.10. The fourth-order valence-electron chi connectivity index (χ4n) is 1.63. The van der Waals surface area contributed by atoms with E-state index in [1.54, 1.807) is 10.6 Å². The first-order valence-corrected chi connectivity index (χ1v) is 6.98. The van der Waals surface area contributed by atoms with Crippen LogP contribution in [0, 0.1) is 0 Å². The predicted molar refractivity (Wildman–Crippen MR) is 74.7 cm³/mol. The Bertz CT molecular complexity index is 673. The highest BCUT2D eigenvalue weighted by Gasteiger charge is 2.14. The van der Waals surface area contributed by atoms with Crippen LogP contribution in [0.25, 0.3) is 11.2 Å². The maximum absolute atomic E-state index is 10.9. The van der Waals surface area contributed by atoms with E-state index in [1.165, 1.54) is 6.20 Å². The van der Waals surface area contributed by atoms with Gasteiger partial charge in [-0.3, -0.25) is 9.59 Å². The Morgan fingerprint density at radius 3 is 2.90 bits per heavy atom. The van der Waals surface area contributed by atoms with Gasteiger partial charge in [0, 0.05) is 19.2 Å². The monoisotopic (exact) mass is 314 g/mol. The fourth-order valence-corrected chi connectivity index (χ4v) is 2.53. The van der Waals surface area contributed by atoms with E-state index < -0.39 is 11.9 Å². The number of hydrogen-bond acceptors (Lipinski definition) is 5. The van der Waals surface area contributed by atoms with Crippen LogP contribution in [-0.2, 0) is 16.1 Å². The molecular weight excluding hydrogens is 304 g/mol. The lowest BCUT2D eigenvalue weighted by Gasteiger charge is -2.05. The highest BCUT2D eigenvalue weighted by Crippen LogP contribution is 2.24. The maximum atomic E-state index is 10.9. The first kappa shape index (κ1) is 14.6. The van der Waals surface area contributed by atoms with Crippen molar-refractivity contribution in [3.8, 4) is 0 Å². The van der Waals surface area contributed by atoms with E-state index in [-0.39, 0.29) is 12.2 Å². The number of aryl methyl sites for hydroxylation is 1. The van der Waals surface area contributed by atoms with Crippen LogP contribution in [0.5, 0.6) is 0 Å². The van der Waals surface area contributed by atoms with Gasteiger partial charge in [-0.2, -0.15) is 0 Å². The van der Waals surface area contributed by atoms with Crippen molar-refractivity contribution in [2.24, 2.45) is 5.73 Å². The molecule has 0 aliphatic carbocycles. The van der Waals surface area contributed by atoms with Crippen molar-refractivity contribution in [1.29, 1.82) is 0 Å². The van der Waals surface area contributed by atoms with Crippen LogP contribution in [0.2, 0.25) is 5.02 Å². The zero-order valence-electron chi connectivity index (χ0n) is 10.2. The molecule has 1 amide bonds. The van der Waals surface area contributed by atoms with Crippen molar-refractivity contribution in [3.63, 3.8) is 0 Å². The lowest BCUT2D eigenvalue weighted by Crippen LogP contribution is -2.14. The van der Waals surface area contributed by atoms with Gasteiger partial charge < -0.3 is 15.4 Å². The SMILES string of the molecule is NC(=O)CCn1c(SCC(=O)O)nc2cc(Cl)cnc21. The minimum atomic E-state index is -0.950. The number of hydrogen-bond donors (Lipinski definition) is 2. The topological polar surface area (TPSA) is 111 Å². The fraction of sp³-hybridized carbons (Fsp3) is 0.273. The highest BCUT2D eigenvalue weighted by atomic mass is 35.5. The van der Waals surface area contributed by atoms with Gasteiger partial charge in [0.2, 0.25) is 5.91 Å². The number of carboxylic acids is 1. The number of aromatic nitrogens is 3. The molecule has 0 unspecified atom stereocenters. The number of amides is 1. The Morgan fingerprint density at radius 2 is 2.25 bits per heavy atom. The molecule has 0 aliphatic heterocycles. The van der Waals surface area contributed by atoms with Crippen molar-refractivity contribution in [1.82, 2.24) is 14.5 Å². The van der Waals surface area contributed by atoms with Crippen LogP contribution in [0.4, 0.5) is 0 Å². The van der Waals surface area contributed by atoms with E-state index in [0.717, 1.165) is 11.8 Å². The number of carboxylic acid groups (broad SMARTS) is 1. The molecule has 0 aliphatic rings. The molecular formula is C11H11ClN4O3S. The molecule has 2 aromatic heterocycles. The summed E-state index contributed by atoms with van der Waals surface area (Å²) < 4.78 is 1.67. The molecule has 2 heterocycles. The highest BCUT2D eigenvalue weighted by molar-refractivity contribution is 7.99. The number of nitrogens with two attached hydrogens (primary N) is 1. The standard InChI is InChI=1S/C11H11ClN4O3S/c12-6-3-7-10(14-4-6)16(2-1-8(13)17)11(15-7)20-5-9(18)19/h3-4H,1-2,5H2,(H2,13,17)(H,18,19). The van der Waals surface area contributed by atoms with E-state index in [4.69, 9.17) is 22.4 Å². The van der Waals surface area contributed by atoms with Crippen molar-refractivity contribution in [3.05, 3.63) is 17.3 Å². The van der Waals surface area contributed by atoms with Crippen LogP contribution in [0.15, 0.2) is 17.4 Å². The first-order chi connectivity index (χ1) is 9.47. The summed E-state index contributed by atoms with van der Waals surface area (Å²) in [5.41, 5.74) is 6.23. The number of imidazole rings is 1. The third kappa shape index (κ3) is 3.40. The number of pyridine rings is 1. The molecule has 0 bridgehead atoms. The van der Waals surface area contributed by atoms with Gasteiger partial charge in [-0.15, -0.1) is 0 Å². The molecule has 2 rings (SSSR count). The molecule has 0 aromatic carbocycles. The summed E-state index contributed by atoms with van der Waals surface area (Å²) in [4.78, 5) is 30.0. The Labute approximate surface area is 123 Å². The molecule has 9 heteroatoms. The molecule has 0 saturated carbocycles. The van der Waals surface area contributed by atoms with Gasteiger partial charge in [0.05, 0.1) is 10.8 Å². The molecule has 7 nitrogen and oxygen atoms in total. The summed E-state index contributed by atoms with van der Waals surface area (Å²) >= 11 is 6.90. The zero-order valence-corrected chi connectivity index (χ0v) is 11.8. The van der Waals surface area contributed by atoms with Crippen molar-refractivity contribution >= 4 is 46.4 Å². The smallest absolute Gasteiger partial charge is 0.313 e. The molecule has 0 saturated heterocycles. The van der Waals surface area contributed by atoms with Gasteiger partial charge in [0.1, 0.15) is 5.52 Å². The van der Waals surface area contributed by atoms with Crippen molar-refractivity contribution in [2.75, 3.05) is 5.75 Å². The van der Waals surface area contributed by atoms with Crippen molar-refractivity contribution < 1.29 is 14.7 Å². The second-order valence-corrected chi connectivity index (χ2v) is 5.32.